The molecule has 2 aromatic rings. The van der Waals surface area contributed by atoms with E-state index in [0.29, 0.717) is 6.04 Å². The van der Waals surface area contributed by atoms with E-state index in [1.165, 1.54) is 11.1 Å². The van der Waals surface area contributed by atoms with Gasteiger partial charge in [0.15, 0.2) is 0 Å². The first kappa shape index (κ1) is 13.3. The van der Waals surface area contributed by atoms with Gasteiger partial charge in [-0.2, -0.15) is 11.3 Å². The predicted molar refractivity (Wildman–Crippen MR) is 78.9 cm³/mol. The van der Waals surface area contributed by atoms with E-state index in [-0.39, 0.29) is 0 Å². The SMILES string of the molecule is CN(C)C(CNCc1ccsc1)c1ccccc1. The number of nitrogens with zero attached hydrogens (tertiary/aromatic N) is 1. The number of nitrogens with one attached hydrogen (secondary N) is 1. The number of likely N-dealkylation sites (N-methyl/N-ethyl adjacent to an activating group) is 1. The van der Waals surface area contributed by atoms with E-state index in [4.69, 9.17) is 0 Å². The summed E-state index contributed by atoms with van der Waals surface area (Å²) in [5.74, 6) is 0. The van der Waals surface area contributed by atoms with Crippen molar-refractivity contribution in [1.29, 1.82) is 0 Å². The molecule has 0 spiro atoms. The van der Waals surface area contributed by atoms with Gasteiger partial charge >= 0.3 is 0 Å². The fraction of sp³-hybridized carbons (Fsp3) is 0.333. The lowest BCUT2D eigenvalue weighted by Gasteiger charge is -2.25. The van der Waals surface area contributed by atoms with Crippen LogP contribution < -0.4 is 5.32 Å². The molecule has 1 atom stereocenters. The third-order valence-corrected chi connectivity index (χ3v) is 3.79. The third kappa shape index (κ3) is 3.67. The molecule has 1 aromatic heterocycles. The van der Waals surface area contributed by atoms with Gasteiger partial charge in [0.2, 0.25) is 0 Å². The van der Waals surface area contributed by atoms with Gasteiger partial charge in [0.25, 0.3) is 0 Å². The Morgan fingerprint density at radius 1 is 1.17 bits per heavy atom. The van der Waals surface area contributed by atoms with Crippen LogP contribution in [-0.4, -0.2) is 25.5 Å². The van der Waals surface area contributed by atoms with E-state index in [9.17, 15) is 0 Å². The van der Waals surface area contributed by atoms with E-state index in [1.54, 1.807) is 11.3 Å². The first-order valence-corrected chi connectivity index (χ1v) is 7.15. The van der Waals surface area contributed by atoms with Crippen molar-refractivity contribution in [2.45, 2.75) is 12.6 Å². The van der Waals surface area contributed by atoms with E-state index in [2.05, 4.69) is 71.5 Å². The maximum absolute atomic E-state index is 3.53. The van der Waals surface area contributed by atoms with Gasteiger partial charge < -0.3 is 10.2 Å². The summed E-state index contributed by atoms with van der Waals surface area (Å²) >= 11 is 1.75. The summed E-state index contributed by atoms with van der Waals surface area (Å²) in [7, 11) is 4.26. The number of thiophene rings is 1. The molecule has 2 nitrogen and oxygen atoms in total. The molecular formula is C15H20N2S. The van der Waals surface area contributed by atoms with Crippen LogP contribution in [0.25, 0.3) is 0 Å². The molecule has 0 amide bonds. The molecule has 1 heterocycles. The second kappa shape index (κ2) is 6.69. The second-order valence-electron chi connectivity index (χ2n) is 4.65. The van der Waals surface area contributed by atoms with Crippen molar-refractivity contribution in [1.82, 2.24) is 10.2 Å². The Labute approximate surface area is 113 Å². The van der Waals surface area contributed by atoms with Crippen LogP contribution in [-0.2, 0) is 6.54 Å². The molecule has 0 aliphatic heterocycles. The van der Waals surface area contributed by atoms with Gasteiger partial charge in [0, 0.05) is 19.1 Å². The lowest BCUT2D eigenvalue weighted by Crippen LogP contribution is -2.30. The van der Waals surface area contributed by atoms with Crippen LogP contribution in [0.1, 0.15) is 17.2 Å². The van der Waals surface area contributed by atoms with E-state index < -0.39 is 0 Å². The molecule has 0 aliphatic rings. The lowest BCUT2D eigenvalue weighted by atomic mass is 10.1. The lowest BCUT2D eigenvalue weighted by molar-refractivity contribution is 0.288. The highest BCUT2D eigenvalue weighted by Crippen LogP contribution is 2.17. The zero-order valence-electron chi connectivity index (χ0n) is 11.0. The van der Waals surface area contributed by atoms with Crippen molar-refractivity contribution in [2.75, 3.05) is 20.6 Å². The summed E-state index contributed by atoms with van der Waals surface area (Å²) in [6.45, 7) is 1.91. The van der Waals surface area contributed by atoms with E-state index in [0.717, 1.165) is 13.1 Å². The van der Waals surface area contributed by atoms with Crippen molar-refractivity contribution in [3.8, 4) is 0 Å². The van der Waals surface area contributed by atoms with E-state index in [1.807, 2.05) is 0 Å². The summed E-state index contributed by atoms with van der Waals surface area (Å²) in [5, 5.41) is 7.85. The molecule has 0 aliphatic carbocycles. The molecule has 0 saturated carbocycles. The van der Waals surface area contributed by atoms with Crippen LogP contribution >= 0.6 is 11.3 Å². The Bertz CT molecular complexity index is 437. The van der Waals surface area contributed by atoms with Gasteiger partial charge in [-0.05, 0) is 42.0 Å². The highest BCUT2D eigenvalue weighted by atomic mass is 32.1. The number of rotatable bonds is 6. The molecule has 3 heteroatoms. The summed E-state index contributed by atoms with van der Waals surface area (Å²) in [6.07, 6.45) is 0. The van der Waals surface area contributed by atoms with Gasteiger partial charge in [0.1, 0.15) is 0 Å². The largest absolute Gasteiger partial charge is 0.311 e. The number of hydrogen-bond donors (Lipinski definition) is 1. The summed E-state index contributed by atoms with van der Waals surface area (Å²) in [5.41, 5.74) is 2.73. The third-order valence-electron chi connectivity index (χ3n) is 3.05. The van der Waals surface area contributed by atoms with Crippen LogP contribution in [0, 0.1) is 0 Å². The van der Waals surface area contributed by atoms with Crippen LogP contribution in [0.4, 0.5) is 0 Å². The summed E-state index contributed by atoms with van der Waals surface area (Å²) < 4.78 is 0. The normalized spacial score (nSPS) is 12.8. The Morgan fingerprint density at radius 2 is 1.94 bits per heavy atom. The highest BCUT2D eigenvalue weighted by molar-refractivity contribution is 7.07. The fourth-order valence-electron chi connectivity index (χ4n) is 2.02. The standard InChI is InChI=1S/C15H20N2S/c1-17(2)15(14-6-4-3-5-7-14)11-16-10-13-8-9-18-12-13/h3-9,12,15-16H,10-11H2,1-2H3. The smallest absolute Gasteiger partial charge is 0.0466 e. The molecular weight excluding hydrogens is 240 g/mol. The van der Waals surface area contributed by atoms with Crippen LogP contribution in [0.5, 0.6) is 0 Å². The average molecular weight is 260 g/mol. The zero-order valence-corrected chi connectivity index (χ0v) is 11.8. The van der Waals surface area contributed by atoms with Crippen molar-refractivity contribution >= 4 is 11.3 Å². The molecule has 18 heavy (non-hydrogen) atoms. The van der Waals surface area contributed by atoms with Crippen LogP contribution in [0.15, 0.2) is 47.2 Å². The molecule has 96 valence electrons. The maximum atomic E-state index is 3.53. The van der Waals surface area contributed by atoms with Gasteiger partial charge in [-0.25, -0.2) is 0 Å². The van der Waals surface area contributed by atoms with Gasteiger partial charge in [-0.3, -0.25) is 0 Å². The van der Waals surface area contributed by atoms with Crippen LogP contribution in [0.3, 0.4) is 0 Å². The molecule has 1 unspecified atom stereocenters. The number of hydrogen-bond acceptors (Lipinski definition) is 3. The first-order chi connectivity index (χ1) is 8.77. The molecule has 1 aromatic carbocycles. The number of benzene rings is 1. The predicted octanol–water partition coefficient (Wildman–Crippen LogP) is 3.14. The van der Waals surface area contributed by atoms with Crippen LogP contribution in [0.2, 0.25) is 0 Å². The van der Waals surface area contributed by atoms with Gasteiger partial charge in [-0.1, -0.05) is 30.3 Å². The van der Waals surface area contributed by atoms with Crippen molar-refractivity contribution in [2.24, 2.45) is 0 Å². The van der Waals surface area contributed by atoms with Crippen molar-refractivity contribution in [3.63, 3.8) is 0 Å². The first-order valence-electron chi connectivity index (χ1n) is 6.20. The Kier molecular flexibility index (Phi) is 4.93. The molecule has 0 bridgehead atoms. The fourth-order valence-corrected chi connectivity index (χ4v) is 2.69. The van der Waals surface area contributed by atoms with Gasteiger partial charge in [-0.15, -0.1) is 0 Å². The second-order valence-corrected chi connectivity index (χ2v) is 5.43. The molecule has 1 N–H and O–H groups in total. The maximum Gasteiger partial charge on any atom is 0.0466 e. The van der Waals surface area contributed by atoms with Gasteiger partial charge in [0.05, 0.1) is 0 Å². The zero-order chi connectivity index (χ0) is 12.8. The minimum atomic E-state index is 0.421. The highest BCUT2D eigenvalue weighted by Gasteiger charge is 2.12. The molecule has 0 saturated heterocycles. The minimum Gasteiger partial charge on any atom is -0.311 e. The Hall–Kier alpha value is -1.16. The Balaban J connectivity index is 1.91. The average Bonchev–Trinajstić information content (AvgIpc) is 2.88. The quantitative estimate of drug-likeness (QED) is 0.858. The minimum absolute atomic E-state index is 0.421. The topological polar surface area (TPSA) is 15.3 Å². The van der Waals surface area contributed by atoms with E-state index >= 15 is 0 Å². The summed E-state index contributed by atoms with van der Waals surface area (Å²) in [4.78, 5) is 2.26. The molecule has 2 rings (SSSR count). The molecule has 0 radical (unpaired) electrons. The Morgan fingerprint density at radius 3 is 2.56 bits per heavy atom. The summed E-state index contributed by atoms with van der Waals surface area (Å²) in [6, 6.07) is 13.2. The van der Waals surface area contributed by atoms with Crippen molar-refractivity contribution < 1.29 is 0 Å². The molecule has 0 fully saturated rings. The van der Waals surface area contributed by atoms with Crippen molar-refractivity contribution in [3.05, 3.63) is 58.3 Å². The monoisotopic (exact) mass is 260 g/mol.